The Morgan fingerprint density at radius 3 is 2.70 bits per heavy atom. The first-order chi connectivity index (χ1) is 14.7. The number of benzene rings is 2. The topological polar surface area (TPSA) is 42.4 Å². The predicted octanol–water partition coefficient (Wildman–Crippen LogP) is 5.03. The van der Waals surface area contributed by atoms with Crippen LogP contribution in [-0.2, 0) is 4.74 Å². The largest absolute Gasteiger partial charge is 0.452 e. The number of nitrogens with zero attached hydrogens (tertiary/aromatic N) is 2. The Balaban J connectivity index is 1.54. The number of aromatic nitrogens is 1. The van der Waals surface area contributed by atoms with Gasteiger partial charge in [-0.1, -0.05) is 42.5 Å². The number of hydrogen-bond donors (Lipinski definition) is 0. The molecule has 0 radical (unpaired) electrons. The number of carbonyl (C=O) groups excluding carboxylic acids is 1. The predicted molar refractivity (Wildman–Crippen MR) is 118 cm³/mol. The molecule has 5 atom stereocenters. The smallest absolute Gasteiger partial charge is 0.338 e. The number of rotatable bonds is 5. The van der Waals surface area contributed by atoms with Gasteiger partial charge in [0.05, 0.1) is 17.1 Å². The molecule has 4 unspecified atom stereocenters. The highest BCUT2D eigenvalue weighted by Gasteiger charge is 2.44. The molecule has 3 aliphatic rings. The van der Waals surface area contributed by atoms with E-state index in [2.05, 4.69) is 28.6 Å². The number of pyridine rings is 1. The van der Waals surface area contributed by atoms with Gasteiger partial charge in [0.1, 0.15) is 6.10 Å². The van der Waals surface area contributed by atoms with Crippen molar-refractivity contribution in [2.45, 2.75) is 25.0 Å². The van der Waals surface area contributed by atoms with Crippen LogP contribution < -0.4 is 0 Å². The van der Waals surface area contributed by atoms with Crippen LogP contribution in [0.2, 0.25) is 0 Å². The normalized spacial score (nSPS) is 26.3. The van der Waals surface area contributed by atoms with Crippen LogP contribution in [0.5, 0.6) is 0 Å². The second-order valence-corrected chi connectivity index (χ2v) is 8.36. The molecule has 3 saturated heterocycles. The van der Waals surface area contributed by atoms with Crippen LogP contribution >= 0.6 is 0 Å². The molecule has 30 heavy (non-hydrogen) atoms. The van der Waals surface area contributed by atoms with E-state index in [1.54, 1.807) is 0 Å². The van der Waals surface area contributed by atoms with Crippen molar-refractivity contribution in [1.82, 2.24) is 9.88 Å². The third kappa shape index (κ3) is 3.41. The molecule has 4 heterocycles. The fourth-order valence-electron chi connectivity index (χ4n) is 5.17. The number of carbonyl (C=O) groups is 1. The first-order valence-electron chi connectivity index (χ1n) is 10.7. The third-order valence-corrected chi connectivity index (χ3v) is 6.74. The van der Waals surface area contributed by atoms with E-state index in [0.29, 0.717) is 17.4 Å². The number of fused-ring (bicyclic) bond motifs is 4. The van der Waals surface area contributed by atoms with Crippen LogP contribution in [0.3, 0.4) is 0 Å². The Labute approximate surface area is 177 Å². The number of piperidine rings is 3. The molecule has 4 nitrogen and oxygen atoms in total. The zero-order valence-electron chi connectivity index (χ0n) is 17.0. The van der Waals surface area contributed by atoms with Crippen LogP contribution in [0.4, 0.5) is 0 Å². The van der Waals surface area contributed by atoms with Gasteiger partial charge in [-0.2, -0.15) is 0 Å². The van der Waals surface area contributed by atoms with Gasteiger partial charge in [-0.3, -0.25) is 9.88 Å². The first kappa shape index (κ1) is 19.0. The van der Waals surface area contributed by atoms with Crippen molar-refractivity contribution in [2.24, 2.45) is 11.8 Å². The molecule has 3 fully saturated rings. The zero-order valence-corrected chi connectivity index (χ0v) is 17.0. The summed E-state index contributed by atoms with van der Waals surface area (Å²) in [7, 11) is 0. The summed E-state index contributed by atoms with van der Waals surface area (Å²) in [5, 5.41) is 1.05. The lowest BCUT2D eigenvalue weighted by molar-refractivity contribution is -0.0568. The van der Waals surface area contributed by atoms with Crippen molar-refractivity contribution in [3.05, 3.63) is 90.6 Å². The molecule has 3 aliphatic heterocycles. The van der Waals surface area contributed by atoms with E-state index in [-0.39, 0.29) is 18.1 Å². The maximum absolute atomic E-state index is 13.1. The van der Waals surface area contributed by atoms with E-state index < -0.39 is 0 Å². The van der Waals surface area contributed by atoms with Gasteiger partial charge < -0.3 is 4.74 Å². The van der Waals surface area contributed by atoms with Crippen LogP contribution in [0.1, 0.15) is 34.9 Å². The highest BCUT2D eigenvalue weighted by atomic mass is 16.5. The fraction of sp³-hybridized carbons (Fsp3) is 0.308. The molecule has 0 N–H and O–H groups in total. The summed E-state index contributed by atoms with van der Waals surface area (Å²) >= 11 is 0. The molecule has 4 heteroatoms. The molecular weight excluding hydrogens is 372 g/mol. The quantitative estimate of drug-likeness (QED) is 0.447. The molecule has 0 amide bonds. The third-order valence-electron chi connectivity index (χ3n) is 6.74. The summed E-state index contributed by atoms with van der Waals surface area (Å²) in [4.78, 5) is 20.1. The minimum absolute atomic E-state index is 0.165. The van der Waals surface area contributed by atoms with Gasteiger partial charge in [-0.15, -0.1) is 6.58 Å². The molecule has 3 aromatic rings. The molecule has 2 bridgehead atoms. The lowest BCUT2D eigenvalue weighted by Gasteiger charge is -2.51. The van der Waals surface area contributed by atoms with Crippen LogP contribution in [-0.4, -0.2) is 35.0 Å². The molecular formula is C26H26N2O2. The van der Waals surface area contributed by atoms with E-state index in [0.717, 1.165) is 36.0 Å². The summed E-state index contributed by atoms with van der Waals surface area (Å²) < 4.78 is 6.26. The lowest BCUT2D eigenvalue weighted by atomic mass is 9.73. The summed E-state index contributed by atoms with van der Waals surface area (Å²) in [6.07, 6.45) is 5.78. The maximum Gasteiger partial charge on any atom is 0.338 e. The number of ether oxygens (including phenoxy) is 1. The van der Waals surface area contributed by atoms with E-state index in [9.17, 15) is 4.79 Å². The molecule has 1 aromatic heterocycles. The molecule has 6 rings (SSSR count). The van der Waals surface area contributed by atoms with Gasteiger partial charge in [-0.05, 0) is 55.5 Å². The van der Waals surface area contributed by atoms with Crippen molar-refractivity contribution in [3.63, 3.8) is 0 Å². The molecule has 0 spiro atoms. The first-order valence-corrected chi connectivity index (χ1v) is 10.7. The Hall–Kier alpha value is -2.98. The standard InChI is InChI=1S/C26H26N2O2/c1-2-18-17-28-15-13-20(18)16-24(28)25(30-26(29)19-8-4-3-5-9-19)22-12-14-27-23-11-7-6-10-21(22)23/h2-12,14,18,20,24-25H,1,13,15-17H2/t18?,20?,24?,25-/m0/s1. The number of hydrogen-bond acceptors (Lipinski definition) is 4. The average molecular weight is 399 g/mol. The van der Waals surface area contributed by atoms with E-state index in [1.807, 2.05) is 60.8 Å². The SMILES string of the molecule is C=CC1CN2CCC1CC2[C@@H](OC(=O)c1ccccc1)c1ccnc2ccccc12. The summed E-state index contributed by atoms with van der Waals surface area (Å²) in [5.41, 5.74) is 2.55. The van der Waals surface area contributed by atoms with Crippen LogP contribution in [0.25, 0.3) is 10.9 Å². The zero-order chi connectivity index (χ0) is 20.5. The Kier molecular flexibility index (Phi) is 5.09. The molecule has 152 valence electrons. The second kappa shape index (κ2) is 8.04. The van der Waals surface area contributed by atoms with Gasteiger partial charge >= 0.3 is 5.97 Å². The van der Waals surface area contributed by atoms with Crippen molar-refractivity contribution >= 4 is 16.9 Å². The summed E-state index contributed by atoms with van der Waals surface area (Å²) in [6.45, 7) is 6.07. The molecule has 2 aromatic carbocycles. The number of para-hydroxylation sites is 1. The van der Waals surface area contributed by atoms with Gasteiger partial charge in [0.25, 0.3) is 0 Å². The van der Waals surface area contributed by atoms with Gasteiger partial charge in [-0.25, -0.2) is 4.79 Å². The maximum atomic E-state index is 13.1. The van der Waals surface area contributed by atoms with Crippen molar-refractivity contribution in [3.8, 4) is 0 Å². The van der Waals surface area contributed by atoms with Crippen molar-refractivity contribution in [1.29, 1.82) is 0 Å². The Morgan fingerprint density at radius 2 is 1.93 bits per heavy atom. The van der Waals surface area contributed by atoms with Crippen LogP contribution in [0.15, 0.2) is 79.5 Å². The molecule has 0 saturated carbocycles. The Bertz CT molecular complexity index is 1060. The van der Waals surface area contributed by atoms with E-state index in [1.165, 1.54) is 6.42 Å². The average Bonchev–Trinajstić information content (AvgIpc) is 2.83. The van der Waals surface area contributed by atoms with Crippen molar-refractivity contribution < 1.29 is 9.53 Å². The van der Waals surface area contributed by atoms with Crippen molar-refractivity contribution in [2.75, 3.05) is 13.1 Å². The summed E-state index contributed by atoms with van der Waals surface area (Å²) in [5.74, 6) is 0.850. The summed E-state index contributed by atoms with van der Waals surface area (Å²) in [6, 6.07) is 19.5. The highest BCUT2D eigenvalue weighted by molar-refractivity contribution is 5.90. The minimum Gasteiger partial charge on any atom is -0.452 e. The molecule has 0 aliphatic carbocycles. The van der Waals surface area contributed by atoms with Gasteiger partial charge in [0.2, 0.25) is 0 Å². The lowest BCUT2D eigenvalue weighted by Crippen LogP contribution is -2.55. The number of esters is 1. The highest BCUT2D eigenvalue weighted by Crippen LogP contribution is 2.43. The van der Waals surface area contributed by atoms with E-state index in [4.69, 9.17) is 4.74 Å². The minimum atomic E-state index is -0.334. The Morgan fingerprint density at radius 1 is 1.13 bits per heavy atom. The van der Waals surface area contributed by atoms with E-state index >= 15 is 0 Å². The fourth-order valence-corrected chi connectivity index (χ4v) is 5.17. The van der Waals surface area contributed by atoms with Gasteiger partial charge in [0, 0.05) is 23.7 Å². The second-order valence-electron chi connectivity index (χ2n) is 8.36. The van der Waals surface area contributed by atoms with Crippen LogP contribution in [0, 0.1) is 11.8 Å². The monoisotopic (exact) mass is 398 g/mol. The van der Waals surface area contributed by atoms with Gasteiger partial charge in [0.15, 0.2) is 0 Å².